The molecule has 4 rings (SSSR count). The Bertz CT molecular complexity index is 921. The van der Waals surface area contributed by atoms with Gasteiger partial charge in [0.2, 0.25) is 5.89 Å². The lowest BCUT2D eigenvalue weighted by molar-refractivity contribution is 0.187. The fourth-order valence-corrected chi connectivity index (χ4v) is 3.54. The van der Waals surface area contributed by atoms with Gasteiger partial charge in [-0.2, -0.15) is 0 Å². The molecule has 134 valence electrons. The van der Waals surface area contributed by atoms with E-state index in [0.29, 0.717) is 23.4 Å². The SMILES string of the molecule is COc1ccc(-c2nn(CN3CCCC3c3cccnc3)c(=S)o2)cc1. The minimum Gasteiger partial charge on any atom is -0.497 e. The predicted octanol–water partition coefficient (Wildman–Crippen LogP) is 4.07. The minimum atomic E-state index is 0.340. The van der Waals surface area contributed by atoms with Gasteiger partial charge in [-0.3, -0.25) is 9.88 Å². The van der Waals surface area contributed by atoms with Crippen LogP contribution >= 0.6 is 12.2 Å². The molecule has 26 heavy (non-hydrogen) atoms. The monoisotopic (exact) mass is 368 g/mol. The number of methoxy groups -OCH3 is 1. The first-order chi connectivity index (χ1) is 12.7. The van der Waals surface area contributed by atoms with Gasteiger partial charge >= 0.3 is 0 Å². The van der Waals surface area contributed by atoms with Crippen LogP contribution in [0.15, 0.2) is 53.2 Å². The van der Waals surface area contributed by atoms with Crippen molar-refractivity contribution >= 4 is 12.2 Å². The highest BCUT2D eigenvalue weighted by molar-refractivity contribution is 7.71. The van der Waals surface area contributed by atoms with Crippen molar-refractivity contribution in [1.82, 2.24) is 19.7 Å². The molecule has 1 saturated heterocycles. The van der Waals surface area contributed by atoms with Crippen LogP contribution in [0.4, 0.5) is 0 Å². The molecule has 1 atom stereocenters. The molecule has 7 heteroatoms. The Hall–Kier alpha value is -2.51. The molecule has 3 aromatic rings. The molecule has 2 aromatic heterocycles. The lowest BCUT2D eigenvalue weighted by Gasteiger charge is -2.23. The topological polar surface area (TPSA) is 56.3 Å². The first kappa shape index (κ1) is 16.9. The molecule has 0 aliphatic carbocycles. The molecule has 6 nitrogen and oxygen atoms in total. The zero-order valence-corrected chi connectivity index (χ0v) is 15.4. The summed E-state index contributed by atoms with van der Waals surface area (Å²) >= 11 is 5.38. The van der Waals surface area contributed by atoms with Crippen LogP contribution in [-0.2, 0) is 6.67 Å². The smallest absolute Gasteiger partial charge is 0.288 e. The summed E-state index contributed by atoms with van der Waals surface area (Å²) in [6.07, 6.45) is 6.00. The molecule has 0 amide bonds. The van der Waals surface area contributed by atoms with Gasteiger partial charge in [0.15, 0.2) is 0 Å². The molecule has 0 spiro atoms. The average Bonchev–Trinajstić information content (AvgIpc) is 3.30. The standard InChI is InChI=1S/C19H20N4O2S/c1-24-16-8-6-14(7-9-16)18-21-23(19(26)25-18)13-22-11-3-5-17(22)15-4-2-10-20-12-15/h2,4,6-10,12,17H,3,5,11,13H2,1H3. The summed E-state index contributed by atoms with van der Waals surface area (Å²) in [5.41, 5.74) is 2.11. The van der Waals surface area contributed by atoms with E-state index >= 15 is 0 Å². The summed E-state index contributed by atoms with van der Waals surface area (Å²) in [6, 6.07) is 12.0. The fraction of sp³-hybridized carbons (Fsp3) is 0.316. The van der Waals surface area contributed by atoms with E-state index in [0.717, 1.165) is 30.7 Å². The number of pyridine rings is 1. The van der Waals surface area contributed by atoms with Crippen LogP contribution in [0, 0.1) is 4.84 Å². The number of hydrogen-bond donors (Lipinski definition) is 0. The van der Waals surface area contributed by atoms with E-state index in [1.54, 1.807) is 18.0 Å². The Morgan fingerprint density at radius 1 is 1.27 bits per heavy atom. The number of ether oxygens (including phenoxy) is 1. The third kappa shape index (κ3) is 3.40. The van der Waals surface area contributed by atoms with Crippen LogP contribution in [0.1, 0.15) is 24.4 Å². The van der Waals surface area contributed by atoms with E-state index in [-0.39, 0.29) is 0 Å². The number of likely N-dealkylation sites (tertiary alicyclic amines) is 1. The number of hydrogen-bond acceptors (Lipinski definition) is 6. The van der Waals surface area contributed by atoms with Crippen molar-refractivity contribution in [3.63, 3.8) is 0 Å². The number of rotatable bonds is 5. The second-order valence-electron chi connectivity index (χ2n) is 6.30. The predicted molar refractivity (Wildman–Crippen MR) is 100 cm³/mol. The first-order valence-electron chi connectivity index (χ1n) is 8.61. The Labute approximate surface area is 157 Å². The summed E-state index contributed by atoms with van der Waals surface area (Å²) in [7, 11) is 1.64. The molecule has 3 heterocycles. The second-order valence-corrected chi connectivity index (χ2v) is 6.65. The van der Waals surface area contributed by atoms with Crippen LogP contribution < -0.4 is 4.74 Å². The lowest BCUT2D eigenvalue weighted by atomic mass is 10.1. The maximum Gasteiger partial charge on any atom is 0.288 e. The molecule has 0 radical (unpaired) electrons. The van der Waals surface area contributed by atoms with E-state index in [1.807, 2.05) is 36.5 Å². The summed E-state index contributed by atoms with van der Waals surface area (Å²) in [5, 5.41) is 4.57. The molecule has 1 aliphatic rings. The summed E-state index contributed by atoms with van der Waals surface area (Å²) in [4.78, 5) is 7.00. The van der Waals surface area contributed by atoms with Gasteiger partial charge in [-0.25, -0.2) is 4.68 Å². The first-order valence-corrected chi connectivity index (χ1v) is 9.02. The molecule has 1 aromatic carbocycles. The minimum absolute atomic E-state index is 0.340. The van der Waals surface area contributed by atoms with Gasteiger partial charge in [-0.15, -0.1) is 5.10 Å². The number of nitrogens with zero attached hydrogens (tertiary/aromatic N) is 4. The Kier molecular flexibility index (Phi) is 4.81. The van der Waals surface area contributed by atoms with Gasteiger partial charge in [0.05, 0.1) is 13.8 Å². The van der Waals surface area contributed by atoms with Gasteiger partial charge in [-0.1, -0.05) is 6.07 Å². The van der Waals surface area contributed by atoms with Crippen LogP contribution in [0.5, 0.6) is 5.75 Å². The maximum atomic E-state index is 5.71. The molecule has 1 aliphatic heterocycles. The van der Waals surface area contributed by atoms with Gasteiger partial charge in [0, 0.05) is 30.5 Å². The van der Waals surface area contributed by atoms with Gasteiger partial charge in [0.1, 0.15) is 5.75 Å². The van der Waals surface area contributed by atoms with Gasteiger partial charge in [0.25, 0.3) is 4.84 Å². The quantitative estimate of drug-likeness (QED) is 0.633. The highest BCUT2D eigenvalue weighted by Crippen LogP contribution is 2.32. The normalized spacial score (nSPS) is 17.5. The van der Waals surface area contributed by atoms with E-state index in [4.69, 9.17) is 21.4 Å². The molecular weight excluding hydrogens is 348 g/mol. The summed E-state index contributed by atoms with van der Waals surface area (Å²) in [5.74, 6) is 1.32. The molecule has 1 fully saturated rings. The third-order valence-electron chi connectivity index (χ3n) is 4.69. The van der Waals surface area contributed by atoms with Crippen LogP contribution in [0.3, 0.4) is 0 Å². The molecule has 0 N–H and O–H groups in total. The highest BCUT2D eigenvalue weighted by atomic mass is 32.1. The van der Waals surface area contributed by atoms with E-state index in [1.165, 1.54) is 5.56 Å². The summed E-state index contributed by atoms with van der Waals surface area (Å²) < 4.78 is 12.7. The lowest BCUT2D eigenvalue weighted by Crippen LogP contribution is -2.26. The molecule has 0 saturated carbocycles. The fourth-order valence-electron chi connectivity index (χ4n) is 3.36. The van der Waals surface area contributed by atoms with Gasteiger partial charge < -0.3 is 9.15 Å². The van der Waals surface area contributed by atoms with Crippen LogP contribution in [0.2, 0.25) is 0 Å². The molecule has 1 unspecified atom stereocenters. The summed E-state index contributed by atoms with van der Waals surface area (Å²) in [6.45, 7) is 1.62. The van der Waals surface area contributed by atoms with Crippen molar-refractivity contribution < 1.29 is 9.15 Å². The molecule has 0 bridgehead atoms. The second kappa shape index (κ2) is 7.39. The van der Waals surface area contributed by atoms with Crippen LogP contribution in [0.25, 0.3) is 11.5 Å². The number of benzene rings is 1. The van der Waals surface area contributed by atoms with Gasteiger partial charge in [-0.05, 0) is 61.0 Å². The zero-order valence-electron chi connectivity index (χ0n) is 14.5. The van der Waals surface area contributed by atoms with E-state index < -0.39 is 0 Å². The largest absolute Gasteiger partial charge is 0.497 e. The third-order valence-corrected chi connectivity index (χ3v) is 4.99. The Morgan fingerprint density at radius 2 is 2.12 bits per heavy atom. The van der Waals surface area contributed by atoms with Crippen molar-refractivity contribution in [2.45, 2.75) is 25.6 Å². The van der Waals surface area contributed by atoms with Crippen molar-refractivity contribution in [1.29, 1.82) is 0 Å². The Morgan fingerprint density at radius 3 is 2.85 bits per heavy atom. The van der Waals surface area contributed by atoms with Crippen molar-refractivity contribution in [2.24, 2.45) is 0 Å². The van der Waals surface area contributed by atoms with E-state index in [2.05, 4.69) is 21.0 Å². The van der Waals surface area contributed by atoms with E-state index in [9.17, 15) is 0 Å². The number of aromatic nitrogens is 3. The van der Waals surface area contributed by atoms with Crippen molar-refractivity contribution in [2.75, 3.05) is 13.7 Å². The average molecular weight is 368 g/mol. The van der Waals surface area contributed by atoms with Crippen LogP contribution in [-0.4, -0.2) is 33.3 Å². The maximum absolute atomic E-state index is 5.71. The van der Waals surface area contributed by atoms with Crippen molar-refractivity contribution in [3.05, 3.63) is 59.2 Å². The highest BCUT2D eigenvalue weighted by Gasteiger charge is 2.27. The zero-order chi connectivity index (χ0) is 17.9. The Balaban J connectivity index is 1.55. The molecular formula is C19H20N4O2S. The van der Waals surface area contributed by atoms with Crippen molar-refractivity contribution in [3.8, 4) is 17.2 Å².